The molecule has 1 atom stereocenters. The van der Waals surface area contributed by atoms with Crippen LogP contribution in [-0.2, 0) is 10.0 Å². The SMILES string of the molecule is Cc1ccccc1S(=O)(=O)NC1(Nc2ncc(Br)c(N[C@H](C)CO)n2)CC1. The first kappa shape index (κ1) is 20.0. The Morgan fingerprint density at radius 1 is 1.33 bits per heavy atom. The minimum atomic E-state index is -3.67. The van der Waals surface area contributed by atoms with Crippen molar-refractivity contribution in [1.29, 1.82) is 0 Å². The summed E-state index contributed by atoms with van der Waals surface area (Å²) in [5.41, 5.74) is -0.111. The third kappa shape index (κ3) is 4.75. The molecule has 0 saturated heterocycles. The standard InChI is InChI=1S/C17H22BrN5O3S/c1-11-5-3-4-6-14(11)27(25,26)23-17(7-8-17)22-16-19-9-13(18)15(21-16)20-12(2)10-24/h3-6,9,12,23-24H,7-8,10H2,1-2H3,(H2,19,20,21,22)/t12-/m1/s1. The van der Waals surface area contributed by atoms with Gasteiger partial charge in [-0.05, 0) is 54.2 Å². The lowest BCUT2D eigenvalue weighted by molar-refractivity contribution is 0.281. The fraction of sp³-hybridized carbons (Fsp3) is 0.412. The first-order chi connectivity index (χ1) is 12.7. The highest BCUT2D eigenvalue weighted by molar-refractivity contribution is 9.10. The van der Waals surface area contributed by atoms with E-state index in [2.05, 4.69) is 41.3 Å². The van der Waals surface area contributed by atoms with E-state index in [1.165, 1.54) is 0 Å². The predicted molar refractivity (Wildman–Crippen MR) is 107 cm³/mol. The topological polar surface area (TPSA) is 116 Å². The number of aliphatic hydroxyl groups excluding tert-OH is 1. The van der Waals surface area contributed by atoms with Gasteiger partial charge in [-0.25, -0.2) is 13.4 Å². The van der Waals surface area contributed by atoms with Crippen LogP contribution in [0.5, 0.6) is 0 Å². The molecule has 146 valence electrons. The lowest BCUT2D eigenvalue weighted by atomic mass is 10.2. The summed E-state index contributed by atoms with van der Waals surface area (Å²) in [4.78, 5) is 8.85. The van der Waals surface area contributed by atoms with Gasteiger partial charge in [0.1, 0.15) is 11.5 Å². The van der Waals surface area contributed by atoms with E-state index < -0.39 is 15.7 Å². The molecule has 0 aliphatic heterocycles. The van der Waals surface area contributed by atoms with Gasteiger partial charge in [0, 0.05) is 12.2 Å². The quantitative estimate of drug-likeness (QED) is 0.450. The number of anilines is 2. The zero-order valence-corrected chi connectivity index (χ0v) is 17.4. The van der Waals surface area contributed by atoms with E-state index >= 15 is 0 Å². The Kier molecular flexibility index (Phi) is 5.71. The number of sulfonamides is 1. The van der Waals surface area contributed by atoms with Crippen LogP contribution >= 0.6 is 15.9 Å². The van der Waals surface area contributed by atoms with E-state index in [1.54, 1.807) is 37.4 Å². The molecule has 1 aliphatic rings. The van der Waals surface area contributed by atoms with Crippen LogP contribution in [0, 0.1) is 6.92 Å². The number of benzene rings is 1. The maximum Gasteiger partial charge on any atom is 0.242 e. The van der Waals surface area contributed by atoms with Gasteiger partial charge < -0.3 is 15.7 Å². The summed E-state index contributed by atoms with van der Waals surface area (Å²) in [6.45, 7) is 3.54. The van der Waals surface area contributed by atoms with Crippen molar-refractivity contribution in [3.8, 4) is 0 Å². The lowest BCUT2D eigenvalue weighted by Gasteiger charge is -2.21. The van der Waals surface area contributed by atoms with Crippen molar-refractivity contribution >= 4 is 37.7 Å². The molecule has 8 nitrogen and oxygen atoms in total. The zero-order valence-electron chi connectivity index (χ0n) is 15.0. The Balaban J connectivity index is 1.78. The number of hydrogen-bond acceptors (Lipinski definition) is 7. The van der Waals surface area contributed by atoms with Crippen molar-refractivity contribution < 1.29 is 13.5 Å². The summed E-state index contributed by atoms with van der Waals surface area (Å²) >= 11 is 3.36. The summed E-state index contributed by atoms with van der Waals surface area (Å²) in [5, 5.41) is 15.4. The van der Waals surface area contributed by atoms with Gasteiger partial charge in [-0.2, -0.15) is 9.71 Å². The van der Waals surface area contributed by atoms with Gasteiger partial charge in [0.05, 0.1) is 16.0 Å². The highest BCUT2D eigenvalue weighted by Crippen LogP contribution is 2.37. The predicted octanol–water partition coefficient (Wildman–Crippen LogP) is 2.22. The largest absolute Gasteiger partial charge is 0.394 e. The summed E-state index contributed by atoms with van der Waals surface area (Å²) in [7, 11) is -3.67. The van der Waals surface area contributed by atoms with Crippen molar-refractivity contribution in [2.45, 2.75) is 43.3 Å². The fourth-order valence-corrected chi connectivity index (χ4v) is 4.50. The average Bonchev–Trinajstić information content (AvgIpc) is 3.36. The number of halogens is 1. The van der Waals surface area contributed by atoms with Crippen LogP contribution in [0.3, 0.4) is 0 Å². The molecule has 3 rings (SSSR count). The van der Waals surface area contributed by atoms with Gasteiger partial charge in [0.15, 0.2) is 0 Å². The molecule has 1 aromatic heterocycles. The van der Waals surface area contributed by atoms with Gasteiger partial charge in [-0.15, -0.1) is 0 Å². The van der Waals surface area contributed by atoms with Crippen molar-refractivity contribution in [3.05, 3.63) is 40.5 Å². The van der Waals surface area contributed by atoms with Crippen molar-refractivity contribution in [2.75, 3.05) is 17.2 Å². The van der Waals surface area contributed by atoms with Crippen molar-refractivity contribution in [1.82, 2.24) is 14.7 Å². The zero-order chi connectivity index (χ0) is 19.7. The second-order valence-corrected chi connectivity index (χ2v) is 9.20. The highest BCUT2D eigenvalue weighted by atomic mass is 79.9. The average molecular weight is 456 g/mol. The smallest absolute Gasteiger partial charge is 0.242 e. The van der Waals surface area contributed by atoms with E-state index in [9.17, 15) is 13.5 Å². The number of aryl methyl sites for hydroxylation is 1. The van der Waals surface area contributed by atoms with Gasteiger partial charge in [-0.3, -0.25) is 0 Å². The third-order valence-corrected chi connectivity index (χ3v) is 6.49. The number of nitrogens with one attached hydrogen (secondary N) is 3. The molecule has 27 heavy (non-hydrogen) atoms. The first-order valence-corrected chi connectivity index (χ1v) is 10.8. The van der Waals surface area contributed by atoms with E-state index in [0.29, 0.717) is 34.6 Å². The second-order valence-electron chi connectivity index (χ2n) is 6.70. The molecule has 1 saturated carbocycles. The van der Waals surface area contributed by atoms with Crippen LogP contribution < -0.4 is 15.4 Å². The Bertz CT molecular complexity index is 934. The number of rotatable bonds is 8. The summed E-state index contributed by atoms with van der Waals surface area (Å²) in [6, 6.07) is 6.67. The Morgan fingerprint density at radius 2 is 2.04 bits per heavy atom. The summed E-state index contributed by atoms with van der Waals surface area (Å²) in [5.74, 6) is 0.822. The van der Waals surface area contributed by atoms with Gasteiger partial charge in [0.25, 0.3) is 0 Å². The lowest BCUT2D eigenvalue weighted by Crippen LogP contribution is -2.43. The first-order valence-electron chi connectivity index (χ1n) is 8.52. The van der Waals surface area contributed by atoms with E-state index in [-0.39, 0.29) is 17.5 Å². The van der Waals surface area contributed by atoms with Crippen LogP contribution in [0.15, 0.2) is 39.8 Å². The van der Waals surface area contributed by atoms with Crippen molar-refractivity contribution in [3.63, 3.8) is 0 Å². The summed E-state index contributed by atoms with van der Waals surface area (Å²) in [6.07, 6.45) is 2.84. The molecule has 0 amide bonds. The molecule has 1 aromatic carbocycles. The van der Waals surface area contributed by atoms with Gasteiger partial charge in [-0.1, -0.05) is 18.2 Å². The van der Waals surface area contributed by atoms with Crippen molar-refractivity contribution in [2.24, 2.45) is 0 Å². The summed E-state index contributed by atoms with van der Waals surface area (Å²) < 4.78 is 28.9. The molecule has 0 radical (unpaired) electrons. The number of aromatic nitrogens is 2. The van der Waals surface area contributed by atoms with E-state index in [0.717, 1.165) is 0 Å². The molecule has 10 heteroatoms. The Labute approximate surface area is 167 Å². The molecule has 4 N–H and O–H groups in total. The molecule has 0 spiro atoms. The maximum atomic E-state index is 12.8. The molecular formula is C17H22BrN5O3S. The second kappa shape index (κ2) is 7.70. The van der Waals surface area contributed by atoms with Crippen LogP contribution in [0.2, 0.25) is 0 Å². The molecule has 0 bridgehead atoms. The third-order valence-electron chi connectivity index (χ3n) is 4.22. The molecule has 1 aliphatic carbocycles. The monoisotopic (exact) mass is 455 g/mol. The molecule has 2 aromatic rings. The molecule has 1 heterocycles. The van der Waals surface area contributed by atoms with Crippen LogP contribution in [0.4, 0.5) is 11.8 Å². The molecule has 0 unspecified atom stereocenters. The van der Waals surface area contributed by atoms with Crippen LogP contribution in [0.1, 0.15) is 25.3 Å². The fourth-order valence-electron chi connectivity index (χ4n) is 2.57. The van der Waals surface area contributed by atoms with Crippen LogP contribution in [-0.4, -0.2) is 41.8 Å². The number of hydrogen-bond donors (Lipinski definition) is 4. The normalized spacial score (nSPS) is 16.6. The minimum Gasteiger partial charge on any atom is -0.394 e. The number of nitrogens with zero attached hydrogens (tertiary/aromatic N) is 2. The Morgan fingerprint density at radius 3 is 2.67 bits per heavy atom. The van der Waals surface area contributed by atoms with Crippen LogP contribution in [0.25, 0.3) is 0 Å². The highest BCUT2D eigenvalue weighted by Gasteiger charge is 2.47. The maximum absolute atomic E-state index is 12.8. The van der Waals surface area contributed by atoms with Gasteiger partial charge >= 0.3 is 0 Å². The molecular weight excluding hydrogens is 434 g/mol. The molecule has 1 fully saturated rings. The van der Waals surface area contributed by atoms with Gasteiger partial charge in [0.2, 0.25) is 16.0 Å². The van der Waals surface area contributed by atoms with E-state index in [1.807, 2.05) is 6.92 Å². The van der Waals surface area contributed by atoms with E-state index in [4.69, 9.17) is 0 Å². The Hall–Kier alpha value is -1.75. The minimum absolute atomic E-state index is 0.0423. The number of aliphatic hydroxyl groups is 1.